The maximum atomic E-state index is 10.7. The largest absolute Gasteiger partial charge is 0.481 e. The first-order valence-electron chi connectivity index (χ1n) is 3.91. The van der Waals surface area contributed by atoms with Crippen molar-refractivity contribution in [1.29, 1.82) is 0 Å². The number of nitrogens with one attached hydrogen (secondary N) is 1. The van der Waals surface area contributed by atoms with Crippen molar-refractivity contribution in [3.8, 4) is 0 Å². The number of amides is 1. The predicted molar refractivity (Wildman–Crippen MR) is 45.5 cm³/mol. The molecular formula is C7H12N2O5. The second-order valence-corrected chi connectivity index (χ2v) is 2.59. The van der Waals surface area contributed by atoms with Crippen LogP contribution in [0.1, 0.15) is 12.8 Å². The molecule has 7 heteroatoms. The molecule has 0 rings (SSSR count). The summed E-state index contributed by atoms with van der Waals surface area (Å²) in [5, 5.41) is 19.0. The molecule has 0 spiro atoms. The molecule has 0 aromatic heterocycles. The average Bonchev–Trinajstić information content (AvgIpc) is 2.10. The van der Waals surface area contributed by atoms with Gasteiger partial charge >= 0.3 is 11.9 Å². The van der Waals surface area contributed by atoms with E-state index in [4.69, 9.17) is 15.9 Å². The summed E-state index contributed by atoms with van der Waals surface area (Å²) in [4.78, 5) is 31.4. The Morgan fingerprint density at radius 3 is 2.21 bits per heavy atom. The Morgan fingerprint density at radius 1 is 1.29 bits per heavy atom. The molecule has 0 heterocycles. The third kappa shape index (κ3) is 5.09. The Morgan fingerprint density at radius 2 is 1.86 bits per heavy atom. The standard InChI is InChI=1S/C7H12N2O5/c8-3-5(10)9-4(7(13)14)1-2-6(11)12/h4H,1-3,8H2,(H,9,10)(H,11,12)(H,13,14). The highest BCUT2D eigenvalue weighted by molar-refractivity contribution is 5.84. The number of aliphatic carboxylic acids is 2. The normalized spacial score (nSPS) is 11.8. The molecule has 0 aromatic carbocycles. The molecule has 1 unspecified atom stereocenters. The van der Waals surface area contributed by atoms with Gasteiger partial charge in [-0.05, 0) is 6.42 Å². The zero-order chi connectivity index (χ0) is 11.1. The predicted octanol–water partition coefficient (Wildman–Crippen LogP) is -1.62. The summed E-state index contributed by atoms with van der Waals surface area (Å²) in [7, 11) is 0. The maximum absolute atomic E-state index is 10.7. The van der Waals surface area contributed by atoms with E-state index < -0.39 is 23.9 Å². The van der Waals surface area contributed by atoms with Crippen LogP contribution in [0, 0.1) is 0 Å². The SMILES string of the molecule is NCC(=O)NC(CCC(=O)O)C(=O)O. The van der Waals surface area contributed by atoms with E-state index in [-0.39, 0.29) is 19.4 Å². The summed E-state index contributed by atoms with van der Waals surface area (Å²) in [6.45, 7) is -0.323. The van der Waals surface area contributed by atoms with Gasteiger partial charge in [0.05, 0.1) is 6.54 Å². The quantitative estimate of drug-likeness (QED) is 0.411. The molecule has 80 valence electrons. The van der Waals surface area contributed by atoms with Crippen LogP contribution in [0.4, 0.5) is 0 Å². The lowest BCUT2D eigenvalue weighted by molar-refractivity contribution is -0.142. The van der Waals surface area contributed by atoms with Crippen molar-refractivity contribution in [2.75, 3.05) is 6.54 Å². The number of carboxylic acids is 2. The number of hydrogen-bond acceptors (Lipinski definition) is 4. The van der Waals surface area contributed by atoms with Crippen LogP contribution in [-0.4, -0.2) is 40.6 Å². The van der Waals surface area contributed by atoms with Crippen molar-refractivity contribution >= 4 is 17.8 Å². The van der Waals surface area contributed by atoms with E-state index in [0.717, 1.165) is 0 Å². The number of rotatable bonds is 6. The highest BCUT2D eigenvalue weighted by Crippen LogP contribution is 1.97. The molecule has 7 nitrogen and oxygen atoms in total. The third-order valence-corrected chi connectivity index (χ3v) is 1.47. The molecule has 1 amide bonds. The monoisotopic (exact) mass is 204 g/mol. The summed E-state index contributed by atoms with van der Waals surface area (Å²) < 4.78 is 0. The topological polar surface area (TPSA) is 130 Å². The molecule has 0 saturated carbocycles. The maximum Gasteiger partial charge on any atom is 0.326 e. The first kappa shape index (κ1) is 12.4. The van der Waals surface area contributed by atoms with Gasteiger partial charge in [-0.3, -0.25) is 9.59 Å². The Balaban J connectivity index is 4.09. The Kier molecular flexibility index (Phi) is 5.23. The number of hydrogen-bond donors (Lipinski definition) is 4. The van der Waals surface area contributed by atoms with Crippen LogP contribution in [0.25, 0.3) is 0 Å². The molecule has 0 radical (unpaired) electrons. The first-order chi connectivity index (χ1) is 6.47. The van der Waals surface area contributed by atoms with E-state index >= 15 is 0 Å². The third-order valence-electron chi connectivity index (χ3n) is 1.47. The van der Waals surface area contributed by atoms with E-state index in [1.807, 2.05) is 0 Å². The number of carbonyl (C=O) groups excluding carboxylic acids is 1. The van der Waals surface area contributed by atoms with Crippen LogP contribution in [0.5, 0.6) is 0 Å². The van der Waals surface area contributed by atoms with Crippen molar-refractivity contribution in [3.63, 3.8) is 0 Å². The van der Waals surface area contributed by atoms with Crippen molar-refractivity contribution in [1.82, 2.24) is 5.32 Å². The fraction of sp³-hybridized carbons (Fsp3) is 0.571. The molecule has 1 atom stereocenters. The number of carboxylic acid groups (broad SMARTS) is 2. The molecule has 0 aliphatic carbocycles. The van der Waals surface area contributed by atoms with Crippen molar-refractivity contribution in [2.45, 2.75) is 18.9 Å². The molecule has 5 N–H and O–H groups in total. The van der Waals surface area contributed by atoms with Crippen molar-refractivity contribution < 1.29 is 24.6 Å². The second-order valence-electron chi connectivity index (χ2n) is 2.59. The molecule has 0 aromatic rings. The first-order valence-corrected chi connectivity index (χ1v) is 3.91. The highest BCUT2D eigenvalue weighted by atomic mass is 16.4. The fourth-order valence-electron chi connectivity index (χ4n) is 0.778. The summed E-state index contributed by atoms with van der Waals surface area (Å²) >= 11 is 0. The van der Waals surface area contributed by atoms with Gasteiger partial charge in [0.2, 0.25) is 5.91 Å². The summed E-state index contributed by atoms with van der Waals surface area (Å²) in [6, 6.07) is -1.19. The molecule has 0 bridgehead atoms. The second kappa shape index (κ2) is 5.92. The lowest BCUT2D eigenvalue weighted by Crippen LogP contribution is -2.43. The van der Waals surface area contributed by atoms with Crippen LogP contribution in [0.2, 0.25) is 0 Å². The minimum atomic E-state index is -1.27. The van der Waals surface area contributed by atoms with Gasteiger partial charge in [-0.1, -0.05) is 0 Å². The highest BCUT2D eigenvalue weighted by Gasteiger charge is 2.19. The zero-order valence-electron chi connectivity index (χ0n) is 7.40. The van der Waals surface area contributed by atoms with Gasteiger partial charge in [-0.25, -0.2) is 4.79 Å². The number of nitrogens with two attached hydrogens (primary N) is 1. The van der Waals surface area contributed by atoms with Gasteiger partial charge < -0.3 is 21.3 Å². The summed E-state index contributed by atoms with van der Waals surface area (Å²) in [5.74, 6) is -3.01. The molecule has 0 saturated heterocycles. The average molecular weight is 204 g/mol. The molecule has 0 aliphatic rings. The Bertz CT molecular complexity index is 240. The lowest BCUT2D eigenvalue weighted by Gasteiger charge is -2.12. The van der Waals surface area contributed by atoms with Crippen LogP contribution >= 0.6 is 0 Å². The number of carbonyl (C=O) groups is 3. The van der Waals surface area contributed by atoms with Crippen LogP contribution < -0.4 is 11.1 Å². The van der Waals surface area contributed by atoms with Crippen LogP contribution in [0.15, 0.2) is 0 Å². The van der Waals surface area contributed by atoms with Gasteiger partial charge in [0.15, 0.2) is 0 Å². The van der Waals surface area contributed by atoms with Gasteiger partial charge in [0.25, 0.3) is 0 Å². The minimum absolute atomic E-state index is 0.156. The van der Waals surface area contributed by atoms with Gasteiger partial charge in [-0.2, -0.15) is 0 Å². The van der Waals surface area contributed by atoms with Crippen molar-refractivity contribution in [3.05, 3.63) is 0 Å². The Labute approximate surface area is 79.9 Å². The van der Waals surface area contributed by atoms with Crippen LogP contribution in [-0.2, 0) is 14.4 Å². The van der Waals surface area contributed by atoms with Crippen molar-refractivity contribution in [2.24, 2.45) is 5.73 Å². The van der Waals surface area contributed by atoms with Gasteiger partial charge in [0.1, 0.15) is 6.04 Å². The Hall–Kier alpha value is -1.63. The molecular weight excluding hydrogens is 192 g/mol. The smallest absolute Gasteiger partial charge is 0.326 e. The van der Waals surface area contributed by atoms with E-state index in [1.54, 1.807) is 0 Å². The van der Waals surface area contributed by atoms with Gasteiger partial charge in [-0.15, -0.1) is 0 Å². The van der Waals surface area contributed by atoms with E-state index in [2.05, 4.69) is 5.32 Å². The molecule has 0 fully saturated rings. The fourth-order valence-corrected chi connectivity index (χ4v) is 0.778. The van der Waals surface area contributed by atoms with Crippen LogP contribution in [0.3, 0.4) is 0 Å². The molecule has 14 heavy (non-hydrogen) atoms. The molecule has 0 aliphatic heterocycles. The lowest BCUT2D eigenvalue weighted by atomic mass is 10.1. The zero-order valence-corrected chi connectivity index (χ0v) is 7.40. The van der Waals surface area contributed by atoms with Gasteiger partial charge in [0, 0.05) is 6.42 Å². The van der Waals surface area contributed by atoms with E-state index in [0.29, 0.717) is 0 Å². The minimum Gasteiger partial charge on any atom is -0.481 e. The van der Waals surface area contributed by atoms with E-state index in [9.17, 15) is 14.4 Å². The summed E-state index contributed by atoms with van der Waals surface area (Å²) in [6.07, 6.45) is -0.474. The van der Waals surface area contributed by atoms with E-state index in [1.165, 1.54) is 0 Å². The summed E-state index contributed by atoms with van der Waals surface area (Å²) in [5.41, 5.74) is 4.96.